The standard InChI is InChI=1S/C15H25NO3/c1-6-19-10-11(2)16-12(3)14-8-7-13(17-4)9-15(14)18-5/h7-9,11-12,16H,6,10H2,1-5H3. The minimum atomic E-state index is 0.191. The van der Waals surface area contributed by atoms with E-state index in [0.717, 1.165) is 23.7 Å². The summed E-state index contributed by atoms with van der Waals surface area (Å²) in [5.74, 6) is 1.64. The quantitative estimate of drug-likeness (QED) is 0.786. The Morgan fingerprint density at radius 2 is 1.89 bits per heavy atom. The molecule has 4 heteroatoms. The number of nitrogens with one attached hydrogen (secondary N) is 1. The van der Waals surface area contributed by atoms with Gasteiger partial charge in [0, 0.05) is 30.3 Å². The van der Waals surface area contributed by atoms with Crippen LogP contribution in [0.1, 0.15) is 32.4 Å². The van der Waals surface area contributed by atoms with Gasteiger partial charge in [-0.05, 0) is 26.8 Å². The van der Waals surface area contributed by atoms with Crippen LogP contribution in [0.2, 0.25) is 0 Å². The molecular weight excluding hydrogens is 242 g/mol. The molecule has 1 N–H and O–H groups in total. The van der Waals surface area contributed by atoms with Crippen molar-refractivity contribution in [2.24, 2.45) is 0 Å². The first kappa shape index (κ1) is 15.8. The Hall–Kier alpha value is -1.26. The third-order valence-electron chi connectivity index (χ3n) is 3.01. The van der Waals surface area contributed by atoms with E-state index in [1.54, 1.807) is 14.2 Å². The Bertz CT molecular complexity index is 382. The summed E-state index contributed by atoms with van der Waals surface area (Å²) in [6.45, 7) is 7.68. The van der Waals surface area contributed by atoms with Crippen molar-refractivity contribution in [1.82, 2.24) is 5.32 Å². The second-order valence-corrected chi connectivity index (χ2v) is 4.56. The molecule has 0 saturated heterocycles. The van der Waals surface area contributed by atoms with Crippen LogP contribution in [-0.4, -0.2) is 33.5 Å². The zero-order chi connectivity index (χ0) is 14.3. The number of hydrogen-bond acceptors (Lipinski definition) is 4. The molecule has 4 nitrogen and oxygen atoms in total. The molecule has 1 aromatic carbocycles. The monoisotopic (exact) mass is 267 g/mol. The Balaban J connectivity index is 2.72. The van der Waals surface area contributed by atoms with Crippen LogP contribution >= 0.6 is 0 Å². The molecular formula is C15H25NO3. The van der Waals surface area contributed by atoms with Gasteiger partial charge in [0.05, 0.1) is 20.8 Å². The maximum absolute atomic E-state index is 5.42. The first-order chi connectivity index (χ1) is 9.12. The van der Waals surface area contributed by atoms with Crippen molar-refractivity contribution in [1.29, 1.82) is 0 Å². The van der Waals surface area contributed by atoms with Gasteiger partial charge in [0.15, 0.2) is 0 Å². The van der Waals surface area contributed by atoms with Crippen LogP contribution in [0.5, 0.6) is 11.5 Å². The summed E-state index contributed by atoms with van der Waals surface area (Å²) >= 11 is 0. The summed E-state index contributed by atoms with van der Waals surface area (Å²) in [5, 5.41) is 3.50. The molecule has 0 radical (unpaired) electrons. The summed E-state index contributed by atoms with van der Waals surface area (Å²) in [6, 6.07) is 6.37. The van der Waals surface area contributed by atoms with Crippen molar-refractivity contribution in [2.75, 3.05) is 27.4 Å². The van der Waals surface area contributed by atoms with Gasteiger partial charge in [-0.1, -0.05) is 6.07 Å². The number of ether oxygens (including phenoxy) is 3. The highest BCUT2D eigenvalue weighted by Crippen LogP contribution is 2.29. The van der Waals surface area contributed by atoms with Crippen molar-refractivity contribution in [3.63, 3.8) is 0 Å². The molecule has 19 heavy (non-hydrogen) atoms. The molecule has 0 saturated carbocycles. The summed E-state index contributed by atoms with van der Waals surface area (Å²) in [4.78, 5) is 0. The van der Waals surface area contributed by atoms with E-state index in [4.69, 9.17) is 14.2 Å². The predicted molar refractivity (Wildman–Crippen MR) is 77.1 cm³/mol. The summed E-state index contributed by atoms with van der Waals surface area (Å²) < 4.78 is 16.0. The van der Waals surface area contributed by atoms with Crippen LogP contribution in [0.4, 0.5) is 0 Å². The minimum Gasteiger partial charge on any atom is -0.497 e. The van der Waals surface area contributed by atoms with E-state index in [1.807, 2.05) is 25.1 Å². The number of benzene rings is 1. The fourth-order valence-corrected chi connectivity index (χ4v) is 2.04. The molecule has 0 bridgehead atoms. The van der Waals surface area contributed by atoms with Gasteiger partial charge in [-0.15, -0.1) is 0 Å². The van der Waals surface area contributed by atoms with E-state index >= 15 is 0 Å². The second-order valence-electron chi connectivity index (χ2n) is 4.56. The summed E-state index contributed by atoms with van der Waals surface area (Å²) in [5.41, 5.74) is 1.12. The zero-order valence-electron chi connectivity index (χ0n) is 12.5. The van der Waals surface area contributed by atoms with Gasteiger partial charge < -0.3 is 19.5 Å². The Morgan fingerprint density at radius 1 is 1.16 bits per heavy atom. The van der Waals surface area contributed by atoms with Gasteiger partial charge in [0.25, 0.3) is 0 Å². The van der Waals surface area contributed by atoms with Crippen molar-refractivity contribution >= 4 is 0 Å². The lowest BCUT2D eigenvalue weighted by molar-refractivity contribution is 0.124. The van der Waals surface area contributed by atoms with Crippen molar-refractivity contribution in [2.45, 2.75) is 32.9 Å². The lowest BCUT2D eigenvalue weighted by Crippen LogP contribution is -2.33. The third-order valence-corrected chi connectivity index (χ3v) is 3.01. The van der Waals surface area contributed by atoms with Crippen LogP contribution in [0.3, 0.4) is 0 Å². The van der Waals surface area contributed by atoms with Gasteiger partial charge in [0.1, 0.15) is 11.5 Å². The number of methoxy groups -OCH3 is 2. The normalized spacial score (nSPS) is 13.9. The van der Waals surface area contributed by atoms with Crippen molar-refractivity contribution in [3.8, 4) is 11.5 Å². The summed E-state index contributed by atoms with van der Waals surface area (Å²) in [7, 11) is 3.33. The van der Waals surface area contributed by atoms with Gasteiger partial charge in [0.2, 0.25) is 0 Å². The van der Waals surface area contributed by atoms with Gasteiger partial charge >= 0.3 is 0 Å². The largest absolute Gasteiger partial charge is 0.497 e. The smallest absolute Gasteiger partial charge is 0.127 e. The average Bonchev–Trinajstić information content (AvgIpc) is 2.44. The first-order valence-electron chi connectivity index (χ1n) is 6.68. The Kier molecular flexibility index (Phi) is 6.67. The molecule has 0 amide bonds. The molecule has 1 rings (SSSR count). The molecule has 108 valence electrons. The van der Waals surface area contributed by atoms with Crippen molar-refractivity contribution in [3.05, 3.63) is 23.8 Å². The lowest BCUT2D eigenvalue weighted by Gasteiger charge is -2.22. The predicted octanol–water partition coefficient (Wildman–Crippen LogP) is 2.78. The van der Waals surface area contributed by atoms with Crippen LogP contribution in [0, 0.1) is 0 Å². The number of hydrogen-bond donors (Lipinski definition) is 1. The van der Waals surface area contributed by atoms with Gasteiger partial charge in [-0.2, -0.15) is 0 Å². The van der Waals surface area contributed by atoms with Gasteiger partial charge in [-0.25, -0.2) is 0 Å². The Morgan fingerprint density at radius 3 is 2.47 bits per heavy atom. The van der Waals surface area contributed by atoms with Crippen molar-refractivity contribution < 1.29 is 14.2 Å². The molecule has 1 aromatic rings. The molecule has 0 aliphatic carbocycles. The zero-order valence-corrected chi connectivity index (χ0v) is 12.5. The highest BCUT2D eigenvalue weighted by molar-refractivity contribution is 5.42. The first-order valence-corrected chi connectivity index (χ1v) is 6.68. The molecule has 0 aromatic heterocycles. The van der Waals surface area contributed by atoms with E-state index in [2.05, 4.69) is 19.2 Å². The van der Waals surface area contributed by atoms with Crippen LogP contribution in [0.15, 0.2) is 18.2 Å². The third kappa shape index (κ3) is 4.73. The minimum absolute atomic E-state index is 0.191. The maximum Gasteiger partial charge on any atom is 0.127 e. The van der Waals surface area contributed by atoms with Crippen LogP contribution in [0.25, 0.3) is 0 Å². The van der Waals surface area contributed by atoms with E-state index in [1.165, 1.54) is 0 Å². The van der Waals surface area contributed by atoms with E-state index in [-0.39, 0.29) is 6.04 Å². The highest BCUT2D eigenvalue weighted by Gasteiger charge is 2.14. The Labute approximate surface area is 116 Å². The summed E-state index contributed by atoms with van der Waals surface area (Å²) in [6.07, 6.45) is 0. The lowest BCUT2D eigenvalue weighted by atomic mass is 10.1. The number of rotatable bonds is 8. The fourth-order valence-electron chi connectivity index (χ4n) is 2.04. The van der Waals surface area contributed by atoms with E-state index in [9.17, 15) is 0 Å². The second kappa shape index (κ2) is 8.02. The SMILES string of the molecule is CCOCC(C)NC(C)c1ccc(OC)cc1OC. The average molecular weight is 267 g/mol. The highest BCUT2D eigenvalue weighted by atomic mass is 16.5. The van der Waals surface area contributed by atoms with E-state index < -0.39 is 0 Å². The van der Waals surface area contributed by atoms with Crippen LogP contribution < -0.4 is 14.8 Å². The molecule has 0 aliphatic heterocycles. The fraction of sp³-hybridized carbons (Fsp3) is 0.600. The van der Waals surface area contributed by atoms with E-state index in [0.29, 0.717) is 12.6 Å². The molecule has 2 unspecified atom stereocenters. The van der Waals surface area contributed by atoms with Crippen LogP contribution in [-0.2, 0) is 4.74 Å². The maximum atomic E-state index is 5.42. The molecule has 0 aliphatic rings. The molecule has 2 atom stereocenters. The molecule has 0 heterocycles. The van der Waals surface area contributed by atoms with Gasteiger partial charge in [-0.3, -0.25) is 0 Å². The molecule has 0 spiro atoms. The topological polar surface area (TPSA) is 39.7 Å². The molecule has 0 fully saturated rings.